The third-order valence-electron chi connectivity index (χ3n) is 5.83. The highest BCUT2D eigenvalue weighted by Gasteiger charge is 2.27. The summed E-state index contributed by atoms with van der Waals surface area (Å²) >= 11 is 0. The van der Waals surface area contributed by atoms with Crippen LogP contribution in [0.5, 0.6) is 11.5 Å². The van der Waals surface area contributed by atoms with E-state index in [2.05, 4.69) is 0 Å². The van der Waals surface area contributed by atoms with Gasteiger partial charge in [0, 0.05) is 17.7 Å². The van der Waals surface area contributed by atoms with Crippen LogP contribution in [0.4, 0.5) is 0 Å². The lowest BCUT2D eigenvalue weighted by Gasteiger charge is -2.18. The van der Waals surface area contributed by atoms with Crippen LogP contribution in [0.2, 0.25) is 0 Å². The van der Waals surface area contributed by atoms with Crippen LogP contribution >= 0.6 is 0 Å². The molecule has 3 aromatic rings. The Bertz CT molecular complexity index is 1140. The summed E-state index contributed by atoms with van der Waals surface area (Å²) in [5, 5.41) is 0. The summed E-state index contributed by atoms with van der Waals surface area (Å²) in [5.41, 5.74) is 2.41. The van der Waals surface area contributed by atoms with E-state index in [1.54, 1.807) is 73.4 Å². The molecule has 7 heteroatoms. The van der Waals surface area contributed by atoms with Gasteiger partial charge >= 0.3 is 5.97 Å². The van der Waals surface area contributed by atoms with E-state index in [1.807, 2.05) is 13.0 Å². The monoisotopic (exact) mass is 463 g/mol. The Kier molecular flexibility index (Phi) is 8.24. The first-order chi connectivity index (χ1) is 16.4. The number of carbonyl (C=O) groups excluding carboxylic acids is 3. The summed E-state index contributed by atoms with van der Waals surface area (Å²) in [6, 6.07) is 17.5. The molecule has 34 heavy (non-hydrogen) atoms. The maximum atomic E-state index is 13.5. The molecule has 0 radical (unpaired) electrons. The van der Waals surface area contributed by atoms with E-state index in [0.29, 0.717) is 34.7 Å². The van der Waals surface area contributed by atoms with E-state index in [9.17, 15) is 14.4 Å². The van der Waals surface area contributed by atoms with Gasteiger partial charge in [-0.2, -0.15) is 0 Å². The van der Waals surface area contributed by atoms with Gasteiger partial charge in [0.15, 0.2) is 11.6 Å². The van der Waals surface area contributed by atoms with Crippen molar-refractivity contribution in [2.24, 2.45) is 0 Å². The number of carbonyl (C=O) groups is 3. The second-order valence-corrected chi connectivity index (χ2v) is 7.77. The van der Waals surface area contributed by atoms with E-state index in [4.69, 9.17) is 14.2 Å². The van der Waals surface area contributed by atoms with Gasteiger partial charge in [0.25, 0.3) is 0 Å². The predicted octanol–water partition coefficient (Wildman–Crippen LogP) is 4.48. The van der Waals surface area contributed by atoms with Crippen LogP contribution in [0.25, 0.3) is 0 Å². The number of aromatic nitrogens is 1. The zero-order chi connectivity index (χ0) is 24.7. The molecule has 0 bridgehead atoms. The molecule has 0 amide bonds. The van der Waals surface area contributed by atoms with E-state index < -0.39 is 11.9 Å². The van der Waals surface area contributed by atoms with Gasteiger partial charge in [-0.05, 0) is 60.5 Å². The van der Waals surface area contributed by atoms with Crippen molar-refractivity contribution in [3.63, 3.8) is 0 Å². The molecule has 7 nitrogen and oxygen atoms in total. The number of rotatable bonds is 11. The van der Waals surface area contributed by atoms with Crippen LogP contribution in [0.1, 0.15) is 51.4 Å². The van der Waals surface area contributed by atoms with Crippen molar-refractivity contribution in [1.82, 2.24) is 4.57 Å². The average molecular weight is 464 g/mol. The number of ether oxygens (including phenoxy) is 3. The number of ketones is 2. The second-order valence-electron chi connectivity index (χ2n) is 7.77. The van der Waals surface area contributed by atoms with Crippen LogP contribution in [-0.2, 0) is 22.5 Å². The Morgan fingerprint density at radius 1 is 0.824 bits per heavy atom. The third kappa shape index (κ3) is 5.54. The molecule has 1 unspecified atom stereocenters. The molecule has 0 spiro atoms. The van der Waals surface area contributed by atoms with Crippen molar-refractivity contribution >= 4 is 17.5 Å². The minimum absolute atomic E-state index is 0.0501. The number of esters is 1. The summed E-state index contributed by atoms with van der Waals surface area (Å²) in [7, 11) is 4.44. The average Bonchev–Trinajstić information content (AvgIpc) is 3.29. The Hall–Kier alpha value is -3.87. The molecule has 0 aliphatic rings. The smallest absolute Gasteiger partial charge is 0.325 e. The highest BCUT2D eigenvalue weighted by Crippen LogP contribution is 2.29. The largest absolute Gasteiger partial charge is 0.497 e. The molecular weight excluding hydrogens is 434 g/mol. The molecule has 1 aromatic heterocycles. The van der Waals surface area contributed by atoms with Crippen molar-refractivity contribution in [3.8, 4) is 11.5 Å². The Balaban J connectivity index is 1.96. The van der Waals surface area contributed by atoms with Crippen molar-refractivity contribution in [1.29, 1.82) is 0 Å². The molecule has 2 aromatic carbocycles. The van der Waals surface area contributed by atoms with Gasteiger partial charge in [-0.1, -0.05) is 19.1 Å². The van der Waals surface area contributed by atoms with Crippen LogP contribution in [0.3, 0.4) is 0 Å². The Labute approximate surface area is 199 Å². The molecule has 178 valence electrons. The number of aryl methyl sites for hydroxylation is 1. The van der Waals surface area contributed by atoms with Crippen molar-refractivity contribution in [2.45, 2.75) is 32.2 Å². The number of methoxy groups -OCH3 is 3. The normalized spacial score (nSPS) is 11.5. The van der Waals surface area contributed by atoms with Crippen LogP contribution in [0.15, 0.2) is 60.7 Å². The summed E-state index contributed by atoms with van der Waals surface area (Å²) < 4.78 is 16.9. The molecule has 3 rings (SSSR count). The molecule has 0 saturated heterocycles. The minimum atomic E-state index is -0.710. The number of hydrogen-bond donors (Lipinski definition) is 0. The highest BCUT2D eigenvalue weighted by atomic mass is 16.5. The predicted molar refractivity (Wildman–Crippen MR) is 128 cm³/mol. The van der Waals surface area contributed by atoms with E-state index in [1.165, 1.54) is 7.11 Å². The van der Waals surface area contributed by atoms with Gasteiger partial charge in [-0.25, -0.2) is 0 Å². The second kappa shape index (κ2) is 11.3. The topological polar surface area (TPSA) is 83.8 Å². The van der Waals surface area contributed by atoms with E-state index >= 15 is 0 Å². The highest BCUT2D eigenvalue weighted by molar-refractivity contribution is 6.06. The zero-order valence-corrected chi connectivity index (χ0v) is 19.9. The van der Waals surface area contributed by atoms with Crippen molar-refractivity contribution < 1.29 is 28.6 Å². The zero-order valence-electron chi connectivity index (χ0n) is 19.9. The molecule has 0 N–H and O–H groups in total. The standard InChI is InChI=1S/C27H29NO6/c1-5-20-10-15-24(28(20)17-26(30)34-4)25(29)16-23(18-6-11-21(32-2)12-7-18)27(31)19-8-13-22(33-3)14-9-19/h6-15,23H,5,16-17H2,1-4H3. The SMILES string of the molecule is CCc1ccc(C(=O)CC(C(=O)c2ccc(OC)cc2)c2ccc(OC)cc2)n1CC(=O)OC. The van der Waals surface area contributed by atoms with Gasteiger partial charge in [0.2, 0.25) is 0 Å². The first-order valence-electron chi connectivity index (χ1n) is 11.0. The van der Waals surface area contributed by atoms with E-state index in [-0.39, 0.29) is 24.5 Å². The van der Waals surface area contributed by atoms with Crippen molar-refractivity contribution in [2.75, 3.05) is 21.3 Å². The van der Waals surface area contributed by atoms with Crippen molar-refractivity contribution in [3.05, 3.63) is 83.2 Å². The van der Waals surface area contributed by atoms with Gasteiger partial charge in [-0.3, -0.25) is 14.4 Å². The summed E-state index contributed by atoms with van der Waals surface area (Å²) in [6.07, 6.45) is 0.600. The van der Waals surface area contributed by atoms with E-state index in [0.717, 1.165) is 5.69 Å². The number of nitrogens with zero attached hydrogens (tertiary/aromatic N) is 1. The van der Waals surface area contributed by atoms with Crippen LogP contribution in [-0.4, -0.2) is 43.4 Å². The lowest BCUT2D eigenvalue weighted by Crippen LogP contribution is -2.22. The first kappa shape index (κ1) is 24.8. The number of hydrogen-bond acceptors (Lipinski definition) is 6. The summed E-state index contributed by atoms with van der Waals surface area (Å²) in [5.74, 6) is -0.264. The number of benzene rings is 2. The maximum absolute atomic E-state index is 13.5. The maximum Gasteiger partial charge on any atom is 0.325 e. The lowest BCUT2D eigenvalue weighted by molar-refractivity contribution is -0.141. The molecule has 0 fully saturated rings. The fraction of sp³-hybridized carbons (Fsp3) is 0.296. The van der Waals surface area contributed by atoms with Gasteiger partial charge in [0.1, 0.15) is 18.0 Å². The fourth-order valence-corrected chi connectivity index (χ4v) is 3.89. The Morgan fingerprint density at radius 3 is 1.94 bits per heavy atom. The van der Waals surface area contributed by atoms with Crippen LogP contribution < -0.4 is 9.47 Å². The first-order valence-corrected chi connectivity index (χ1v) is 11.0. The molecular formula is C27H29NO6. The van der Waals surface area contributed by atoms with Crippen LogP contribution in [0, 0.1) is 0 Å². The quantitative estimate of drug-likeness (QED) is 0.308. The summed E-state index contributed by atoms with van der Waals surface area (Å²) in [6.45, 7) is 1.89. The van der Waals surface area contributed by atoms with Gasteiger partial charge < -0.3 is 18.8 Å². The molecule has 0 aliphatic carbocycles. The fourth-order valence-electron chi connectivity index (χ4n) is 3.89. The Morgan fingerprint density at radius 2 is 1.41 bits per heavy atom. The van der Waals surface area contributed by atoms with Gasteiger partial charge in [-0.15, -0.1) is 0 Å². The molecule has 0 aliphatic heterocycles. The lowest BCUT2D eigenvalue weighted by atomic mass is 9.86. The number of Topliss-reactive ketones (excluding diaryl/α,β-unsaturated/α-hetero) is 2. The molecule has 1 atom stereocenters. The third-order valence-corrected chi connectivity index (χ3v) is 5.83. The molecule has 1 heterocycles. The molecule has 0 saturated carbocycles. The van der Waals surface area contributed by atoms with Gasteiger partial charge in [0.05, 0.1) is 32.9 Å². The summed E-state index contributed by atoms with van der Waals surface area (Å²) in [4.78, 5) is 38.9. The minimum Gasteiger partial charge on any atom is -0.497 e.